The average molecular weight is 436 g/mol. The fourth-order valence-electron chi connectivity index (χ4n) is 3.08. The van der Waals surface area contributed by atoms with Gasteiger partial charge in [-0.1, -0.05) is 77.6 Å². The highest BCUT2D eigenvalue weighted by atomic mass is 17.9. The van der Waals surface area contributed by atoms with Gasteiger partial charge in [-0.2, -0.15) is 0 Å². The number of carbonyl (C=O) groups excluding carboxylic acids is 2. The fourth-order valence-corrected chi connectivity index (χ4v) is 3.08. The summed E-state index contributed by atoms with van der Waals surface area (Å²) in [7, 11) is 0. The zero-order valence-corrected chi connectivity index (χ0v) is 18.0. The summed E-state index contributed by atoms with van der Waals surface area (Å²) in [5.41, 5.74) is 0. The molecule has 1 aliphatic heterocycles. The van der Waals surface area contributed by atoms with Crippen molar-refractivity contribution in [3.63, 3.8) is 0 Å². The van der Waals surface area contributed by atoms with Crippen LogP contribution < -0.4 is 0 Å². The zero-order valence-electron chi connectivity index (χ0n) is 18.0. The molecular formula is C20H36O10. The fraction of sp³-hybridized carbons (Fsp3) is 0.900. The molecule has 1 heterocycles. The molecule has 0 amide bonds. The molecule has 0 N–H and O–H groups in total. The van der Waals surface area contributed by atoms with Crippen LogP contribution in [0.2, 0.25) is 0 Å². The second-order valence-corrected chi connectivity index (χ2v) is 7.36. The van der Waals surface area contributed by atoms with Gasteiger partial charge in [-0.15, -0.1) is 0 Å². The van der Waals surface area contributed by atoms with Crippen molar-refractivity contribution in [2.24, 2.45) is 5.92 Å². The molecule has 1 rings (SSSR count). The molecule has 1 unspecified atom stereocenters. The van der Waals surface area contributed by atoms with E-state index in [1.807, 2.05) is 0 Å². The van der Waals surface area contributed by atoms with E-state index in [4.69, 9.17) is 4.89 Å². The smallest absolute Gasteiger partial charge is 0.317 e. The lowest BCUT2D eigenvalue weighted by Crippen LogP contribution is -2.11. The first kappa shape index (κ1) is 26.9. The van der Waals surface area contributed by atoms with Gasteiger partial charge in [0.15, 0.2) is 0 Å². The first-order chi connectivity index (χ1) is 14.7. The largest absolute Gasteiger partial charge is 0.393 e. The molecule has 0 aromatic heterocycles. The molecule has 1 atom stereocenters. The van der Waals surface area contributed by atoms with Crippen LogP contribution in [0.25, 0.3) is 0 Å². The van der Waals surface area contributed by atoms with E-state index in [1.165, 1.54) is 64.2 Å². The first-order valence-electron chi connectivity index (χ1n) is 11.1. The van der Waals surface area contributed by atoms with Crippen molar-refractivity contribution in [3.8, 4) is 0 Å². The van der Waals surface area contributed by atoms with Crippen molar-refractivity contribution >= 4 is 11.9 Å². The number of hydrogen-bond donors (Lipinski definition) is 0. The first-order valence-corrected chi connectivity index (χ1v) is 11.1. The monoisotopic (exact) mass is 436 g/mol. The van der Waals surface area contributed by atoms with Gasteiger partial charge in [0.25, 0.3) is 0 Å². The molecule has 0 bridgehead atoms. The maximum absolute atomic E-state index is 11.2. The van der Waals surface area contributed by atoms with Crippen LogP contribution in [0.1, 0.15) is 96.8 Å². The third-order valence-electron chi connectivity index (χ3n) is 4.80. The zero-order chi connectivity index (χ0) is 21.7. The van der Waals surface area contributed by atoms with Gasteiger partial charge >= 0.3 is 11.9 Å². The van der Waals surface area contributed by atoms with E-state index in [2.05, 4.69) is 41.7 Å². The summed E-state index contributed by atoms with van der Waals surface area (Å²) in [6, 6.07) is 0. The SMILES string of the molecule is CCCCCCCCCCCCCCOOOOOOOCCC1CC(=O)OC1=O. The van der Waals surface area contributed by atoms with Crippen molar-refractivity contribution in [1.82, 2.24) is 0 Å². The highest BCUT2D eigenvalue weighted by Crippen LogP contribution is 2.19. The second kappa shape index (κ2) is 19.8. The predicted molar refractivity (Wildman–Crippen MR) is 102 cm³/mol. The molecule has 0 saturated carbocycles. The van der Waals surface area contributed by atoms with Crippen LogP contribution in [0, 0.1) is 5.92 Å². The van der Waals surface area contributed by atoms with Gasteiger partial charge in [0, 0.05) is 0 Å². The normalized spacial score (nSPS) is 16.4. The Morgan fingerprint density at radius 1 is 0.700 bits per heavy atom. The van der Waals surface area contributed by atoms with E-state index in [0.29, 0.717) is 6.61 Å². The van der Waals surface area contributed by atoms with Gasteiger partial charge < -0.3 is 4.74 Å². The van der Waals surface area contributed by atoms with E-state index >= 15 is 0 Å². The third-order valence-corrected chi connectivity index (χ3v) is 4.80. The molecule has 176 valence electrons. The summed E-state index contributed by atoms with van der Waals surface area (Å²) in [5.74, 6) is -1.64. The molecule has 1 fully saturated rings. The van der Waals surface area contributed by atoms with E-state index < -0.39 is 17.9 Å². The number of cyclic esters (lactones) is 2. The van der Waals surface area contributed by atoms with Crippen molar-refractivity contribution < 1.29 is 49.3 Å². The standard InChI is InChI=1S/C20H36O10/c1-2-3-4-5-6-7-8-9-10-11-12-13-15-23-26-28-30-29-27-24-16-14-18-17-19(21)25-20(18)22/h18H,2-17H2,1H3. The molecule has 0 radical (unpaired) electrons. The van der Waals surface area contributed by atoms with Crippen LogP contribution >= 0.6 is 0 Å². The number of ether oxygens (including phenoxy) is 1. The molecule has 10 heteroatoms. The Kier molecular flexibility index (Phi) is 17.8. The molecule has 0 spiro atoms. The summed E-state index contributed by atoms with van der Waals surface area (Å²) in [5, 5.41) is 20.6. The van der Waals surface area contributed by atoms with Crippen molar-refractivity contribution in [3.05, 3.63) is 0 Å². The summed E-state index contributed by atoms with van der Waals surface area (Å²) >= 11 is 0. The van der Waals surface area contributed by atoms with Crippen LogP contribution in [-0.4, -0.2) is 25.2 Å². The maximum Gasteiger partial charge on any atom is 0.317 e. The Balaban J connectivity index is 1.67. The quantitative estimate of drug-likeness (QED) is 0.0773. The third kappa shape index (κ3) is 15.7. The van der Waals surface area contributed by atoms with Crippen molar-refractivity contribution in [2.45, 2.75) is 96.8 Å². The number of esters is 2. The number of hydrogen-bond acceptors (Lipinski definition) is 10. The molecule has 0 aliphatic carbocycles. The Bertz CT molecular complexity index is 432. The van der Waals surface area contributed by atoms with Crippen LogP contribution in [0.5, 0.6) is 0 Å². The summed E-state index contributed by atoms with van der Waals surface area (Å²) in [4.78, 5) is 31.4. The molecule has 10 nitrogen and oxygen atoms in total. The molecule has 0 aromatic rings. The minimum Gasteiger partial charge on any atom is -0.393 e. The number of unbranched alkanes of at least 4 members (excludes halogenated alkanes) is 11. The Hall–Kier alpha value is -1.14. The summed E-state index contributed by atoms with van der Waals surface area (Å²) in [6.45, 7) is 2.61. The van der Waals surface area contributed by atoms with Crippen LogP contribution in [-0.2, 0) is 49.3 Å². The number of carbonyl (C=O) groups is 2. The second-order valence-electron chi connectivity index (χ2n) is 7.36. The topological polar surface area (TPSA) is 108 Å². The minimum atomic E-state index is -0.567. The van der Waals surface area contributed by atoms with Crippen molar-refractivity contribution in [2.75, 3.05) is 13.2 Å². The van der Waals surface area contributed by atoms with E-state index in [0.717, 1.165) is 12.8 Å². The highest BCUT2D eigenvalue weighted by molar-refractivity contribution is 5.94. The highest BCUT2D eigenvalue weighted by Gasteiger charge is 2.32. The van der Waals surface area contributed by atoms with Crippen LogP contribution in [0.3, 0.4) is 0 Å². The lowest BCUT2D eigenvalue weighted by Gasteiger charge is -2.04. The molecule has 1 saturated heterocycles. The predicted octanol–water partition coefficient (Wildman–Crippen LogP) is 4.77. The van der Waals surface area contributed by atoms with Gasteiger partial charge in [0.2, 0.25) is 0 Å². The Labute approximate surface area is 177 Å². The molecule has 0 aromatic carbocycles. The Morgan fingerprint density at radius 2 is 1.20 bits per heavy atom. The van der Waals surface area contributed by atoms with E-state index in [9.17, 15) is 9.59 Å². The van der Waals surface area contributed by atoms with Crippen molar-refractivity contribution in [1.29, 1.82) is 0 Å². The van der Waals surface area contributed by atoms with E-state index in [1.54, 1.807) is 0 Å². The van der Waals surface area contributed by atoms with E-state index in [-0.39, 0.29) is 19.4 Å². The average Bonchev–Trinajstić information content (AvgIpc) is 3.06. The van der Waals surface area contributed by atoms with Gasteiger partial charge in [-0.25, -0.2) is 9.78 Å². The molecule has 30 heavy (non-hydrogen) atoms. The van der Waals surface area contributed by atoms with Gasteiger partial charge in [-0.05, 0) is 38.0 Å². The lowest BCUT2D eigenvalue weighted by molar-refractivity contribution is -0.790. The maximum atomic E-state index is 11.2. The summed E-state index contributed by atoms with van der Waals surface area (Å²) in [6.07, 6.45) is 15.4. The van der Waals surface area contributed by atoms with Gasteiger partial charge in [-0.3, -0.25) is 9.59 Å². The lowest BCUT2D eigenvalue weighted by atomic mass is 10.1. The van der Waals surface area contributed by atoms with Crippen LogP contribution in [0.4, 0.5) is 0 Å². The minimum absolute atomic E-state index is 0.00722. The summed E-state index contributed by atoms with van der Waals surface area (Å²) < 4.78 is 4.39. The molecule has 1 aliphatic rings. The van der Waals surface area contributed by atoms with Crippen LogP contribution in [0.15, 0.2) is 0 Å². The molecular weight excluding hydrogens is 400 g/mol. The number of rotatable bonds is 22. The van der Waals surface area contributed by atoms with Gasteiger partial charge in [0.1, 0.15) is 0 Å². The van der Waals surface area contributed by atoms with Gasteiger partial charge in [0.05, 0.1) is 25.6 Å². The Morgan fingerprint density at radius 3 is 1.73 bits per heavy atom.